The normalized spacial score (nSPS) is 30.2. The van der Waals surface area contributed by atoms with E-state index in [9.17, 15) is 14.4 Å². The second kappa shape index (κ2) is 4.43. The first kappa shape index (κ1) is 13.0. The van der Waals surface area contributed by atoms with Crippen LogP contribution in [0.1, 0.15) is 6.42 Å². The van der Waals surface area contributed by atoms with Gasteiger partial charge in [-0.3, -0.25) is 0 Å². The number of carboxylic acid groups (broad SMARTS) is 3. The summed E-state index contributed by atoms with van der Waals surface area (Å²) >= 11 is 0.914. The van der Waals surface area contributed by atoms with Crippen molar-refractivity contribution in [3.63, 3.8) is 0 Å². The Bertz CT molecular complexity index is 345. The molecule has 8 heteroatoms. The number of rotatable bonds is 4. The molecule has 3 atom stereocenters. The van der Waals surface area contributed by atoms with Gasteiger partial charge < -0.3 is 0 Å². The van der Waals surface area contributed by atoms with Crippen LogP contribution >= 0.6 is 0 Å². The molecular formula is C8H12AsNO6. The fraction of sp³-hybridized carbons (Fsp3) is 0.625. The third-order valence-electron chi connectivity index (χ3n) is 2.53. The summed E-state index contributed by atoms with van der Waals surface area (Å²) in [5, 5.41) is 26.5. The zero-order valence-electron chi connectivity index (χ0n) is 8.29. The number of aliphatic carboxylic acids is 3. The van der Waals surface area contributed by atoms with Crippen molar-refractivity contribution in [2.75, 3.05) is 13.1 Å². The second-order valence-corrected chi connectivity index (χ2v) is 6.14. The van der Waals surface area contributed by atoms with Crippen LogP contribution in [0.2, 0.25) is 4.20 Å². The van der Waals surface area contributed by atoms with Crippen molar-refractivity contribution < 1.29 is 29.7 Å². The van der Waals surface area contributed by atoms with Crippen LogP contribution in [-0.2, 0) is 14.4 Å². The van der Waals surface area contributed by atoms with E-state index in [0.29, 0.717) is 0 Å². The molecule has 0 aromatic rings. The van der Waals surface area contributed by atoms with Gasteiger partial charge in [0, 0.05) is 0 Å². The number of carbonyl (C=O) groups is 3. The molecule has 1 aliphatic heterocycles. The number of likely N-dealkylation sites (tertiary alicyclic amines) is 1. The molecule has 0 aromatic carbocycles. The fourth-order valence-corrected chi connectivity index (χ4v) is 2.71. The Labute approximate surface area is 99.5 Å². The summed E-state index contributed by atoms with van der Waals surface area (Å²) in [7, 11) is 0. The third kappa shape index (κ3) is 2.54. The molecule has 3 N–H and O–H groups in total. The molecule has 7 nitrogen and oxygen atoms in total. The van der Waals surface area contributed by atoms with E-state index in [1.54, 1.807) is 0 Å². The van der Waals surface area contributed by atoms with Crippen LogP contribution in [0.15, 0.2) is 0 Å². The van der Waals surface area contributed by atoms with E-state index in [1.807, 2.05) is 0 Å². The Morgan fingerprint density at radius 2 is 1.88 bits per heavy atom. The molecule has 0 radical (unpaired) electrons. The summed E-state index contributed by atoms with van der Waals surface area (Å²) in [5.41, 5.74) is 0. The predicted molar refractivity (Wildman–Crippen MR) is 54.1 cm³/mol. The second-order valence-electron chi connectivity index (χ2n) is 3.82. The third-order valence-corrected chi connectivity index (χ3v) is 3.93. The maximum absolute atomic E-state index is 11.0. The maximum atomic E-state index is 11.0. The molecule has 0 saturated carbocycles. The van der Waals surface area contributed by atoms with Crippen LogP contribution in [0.4, 0.5) is 0 Å². The van der Waals surface area contributed by atoms with Gasteiger partial charge in [0.25, 0.3) is 0 Å². The van der Waals surface area contributed by atoms with Gasteiger partial charge in [-0.15, -0.1) is 0 Å². The van der Waals surface area contributed by atoms with Crippen molar-refractivity contribution in [3.8, 4) is 0 Å². The average Bonchev–Trinajstić information content (AvgIpc) is 2.43. The first-order valence-corrected chi connectivity index (χ1v) is 5.68. The summed E-state index contributed by atoms with van der Waals surface area (Å²) < 4.78 is -1.13. The van der Waals surface area contributed by atoms with E-state index < -0.39 is 34.7 Å². The van der Waals surface area contributed by atoms with Crippen LogP contribution in [0, 0.1) is 0 Å². The SMILES string of the molecule is O=C(O)CN1C[C@@]([AsH2])(C(=O)O)C[C@H]1C(=O)O. The van der Waals surface area contributed by atoms with Crippen molar-refractivity contribution in [1.29, 1.82) is 0 Å². The zero-order valence-corrected chi connectivity index (χ0v) is 10.7. The Kier molecular flexibility index (Phi) is 3.60. The topological polar surface area (TPSA) is 115 Å². The molecule has 90 valence electrons. The van der Waals surface area contributed by atoms with E-state index in [-0.39, 0.29) is 13.0 Å². The number of nitrogens with zero attached hydrogens (tertiary/aromatic N) is 1. The molecule has 1 unspecified atom stereocenters. The van der Waals surface area contributed by atoms with E-state index in [2.05, 4.69) is 0 Å². The van der Waals surface area contributed by atoms with E-state index in [1.165, 1.54) is 4.90 Å². The Morgan fingerprint density at radius 3 is 2.25 bits per heavy atom. The number of hydrogen-bond acceptors (Lipinski definition) is 4. The van der Waals surface area contributed by atoms with E-state index >= 15 is 0 Å². The summed E-state index contributed by atoms with van der Waals surface area (Å²) in [6.45, 7) is -0.485. The number of hydrogen-bond donors (Lipinski definition) is 3. The van der Waals surface area contributed by atoms with Crippen molar-refractivity contribution in [3.05, 3.63) is 0 Å². The monoisotopic (exact) mass is 293 g/mol. The molecule has 1 aliphatic rings. The van der Waals surface area contributed by atoms with Gasteiger partial charge in [0.15, 0.2) is 0 Å². The molecule has 1 rings (SSSR count). The quantitative estimate of drug-likeness (QED) is 0.519. The van der Waals surface area contributed by atoms with Crippen molar-refractivity contribution in [1.82, 2.24) is 4.90 Å². The van der Waals surface area contributed by atoms with Gasteiger partial charge in [-0.05, 0) is 0 Å². The van der Waals surface area contributed by atoms with Crippen molar-refractivity contribution >= 4 is 34.8 Å². The average molecular weight is 293 g/mol. The van der Waals surface area contributed by atoms with Gasteiger partial charge in [-0.2, -0.15) is 0 Å². The molecular weight excluding hydrogens is 281 g/mol. The molecule has 0 bridgehead atoms. The fourth-order valence-electron chi connectivity index (χ4n) is 1.75. The molecule has 0 amide bonds. The van der Waals surface area contributed by atoms with Gasteiger partial charge in [0.2, 0.25) is 0 Å². The van der Waals surface area contributed by atoms with Crippen LogP contribution in [0.5, 0.6) is 0 Å². The Balaban J connectivity index is 2.87. The molecule has 0 aromatic heterocycles. The van der Waals surface area contributed by atoms with Crippen molar-refractivity contribution in [2.45, 2.75) is 16.7 Å². The van der Waals surface area contributed by atoms with Crippen LogP contribution in [0.3, 0.4) is 0 Å². The van der Waals surface area contributed by atoms with Gasteiger partial charge in [0.05, 0.1) is 0 Å². The van der Waals surface area contributed by atoms with E-state index in [0.717, 1.165) is 16.9 Å². The molecule has 1 fully saturated rings. The summed E-state index contributed by atoms with van der Waals surface area (Å²) in [4.78, 5) is 33.6. The van der Waals surface area contributed by atoms with Crippen LogP contribution in [0.25, 0.3) is 0 Å². The Morgan fingerprint density at radius 1 is 1.31 bits per heavy atom. The molecule has 0 aliphatic carbocycles. The minimum atomic E-state index is -1.18. The minimum absolute atomic E-state index is 0.0361. The van der Waals surface area contributed by atoms with Crippen LogP contribution < -0.4 is 0 Å². The summed E-state index contributed by atoms with van der Waals surface area (Å²) in [6.07, 6.45) is -0.0506. The molecule has 0 spiro atoms. The first-order valence-electron chi connectivity index (χ1n) is 4.47. The number of carboxylic acids is 3. The first-order chi connectivity index (χ1) is 7.26. The van der Waals surface area contributed by atoms with E-state index in [4.69, 9.17) is 15.3 Å². The van der Waals surface area contributed by atoms with Crippen LogP contribution in [-0.4, -0.2) is 74.1 Å². The zero-order chi connectivity index (χ0) is 12.5. The van der Waals surface area contributed by atoms with Gasteiger partial charge in [-0.25, -0.2) is 0 Å². The summed E-state index contributed by atoms with van der Waals surface area (Å²) in [5.74, 6) is -3.41. The standard InChI is InChI=1S/C8H12AsNO6/c9-8(7(15)16)1-4(6(13)14)10(3-8)2-5(11)12/h4H,1-3,9H2,(H,11,12)(H,13,14)(H,15,16)/t4-,8+/m0/s1. The predicted octanol–water partition coefficient (Wildman–Crippen LogP) is -1.89. The molecule has 1 heterocycles. The van der Waals surface area contributed by atoms with Crippen molar-refractivity contribution in [2.24, 2.45) is 0 Å². The van der Waals surface area contributed by atoms with Gasteiger partial charge >= 0.3 is 99.1 Å². The Hall–Kier alpha value is -1.07. The summed E-state index contributed by atoms with van der Waals surface area (Å²) in [6, 6.07) is -1.03. The molecule has 1 saturated heterocycles. The molecule has 16 heavy (non-hydrogen) atoms. The van der Waals surface area contributed by atoms with Gasteiger partial charge in [-0.1, -0.05) is 0 Å². The van der Waals surface area contributed by atoms with Gasteiger partial charge in [0.1, 0.15) is 0 Å².